The van der Waals surface area contributed by atoms with Gasteiger partial charge in [-0.15, -0.1) is 11.8 Å². The predicted molar refractivity (Wildman–Crippen MR) is 97.0 cm³/mol. The molecule has 1 unspecified atom stereocenters. The van der Waals surface area contributed by atoms with E-state index in [4.69, 9.17) is 0 Å². The molecule has 23 heavy (non-hydrogen) atoms. The number of likely N-dealkylation sites (tertiary alicyclic amines) is 1. The number of amides is 2. The highest BCUT2D eigenvalue weighted by Crippen LogP contribution is 2.23. The maximum atomic E-state index is 12.8. The highest BCUT2D eigenvalue weighted by atomic mass is 32.2. The van der Waals surface area contributed by atoms with Crippen LogP contribution in [0.5, 0.6) is 0 Å². The highest BCUT2D eigenvalue weighted by molar-refractivity contribution is 8.00. The Morgan fingerprint density at radius 2 is 2.04 bits per heavy atom. The van der Waals surface area contributed by atoms with Crippen LogP contribution in [0.3, 0.4) is 0 Å². The molecule has 0 radical (unpaired) electrons. The summed E-state index contributed by atoms with van der Waals surface area (Å²) in [6, 6.07) is 7.56. The molecule has 1 aliphatic rings. The van der Waals surface area contributed by atoms with Crippen LogP contribution in [0.2, 0.25) is 0 Å². The van der Waals surface area contributed by atoms with Crippen molar-refractivity contribution in [1.29, 1.82) is 0 Å². The first-order valence-electron chi connectivity index (χ1n) is 8.30. The number of carbonyl (C=O) groups is 2. The van der Waals surface area contributed by atoms with Crippen LogP contribution in [0, 0.1) is 0 Å². The molecule has 0 aliphatic carbocycles. The quantitative estimate of drug-likeness (QED) is 0.891. The zero-order valence-electron chi connectivity index (χ0n) is 14.2. The molecule has 1 N–H and O–H groups in total. The highest BCUT2D eigenvalue weighted by Gasteiger charge is 2.26. The van der Waals surface area contributed by atoms with Gasteiger partial charge in [-0.2, -0.15) is 0 Å². The summed E-state index contributed by atoms with van der Waals surface area (Å²) < 4.78 is 0. The van der Waals surface area contributed by atoms with Gasteiger partial charge in [-0.05, 0) is 43.6 Å². The third kappa shape index (κ3) is 4.99. The number of hydrogen-bond donors (Lipinski definition) is 1. The minimum Gasteiger partial charge on any atom is -0.336 e. The van der Waals surface area contributed by atoms with Crippen molar-refractivity contribution in [2.75, 3.05) is 17.6 Å². The summed E-state index contributed by atoms with van der Waals surface area (Å²) in [4.78, 5) is 26.9. The number of thioether (sulfide) groups is 1. The van der Waals surface area contributed by atoms with Crippen molar-refractivity contribution in [2.45, 2.75) is 51.3 Å². The van der Waals surface area contributed by atoms with Gasteiger partial charge >= 0.3 is 0 Å². The number of hydrogen-bond acceptors (Lipinski definition) is 3. The van der Waals surface area contributed by atoms with Crippen LogP contribution in [-0.2, 0) is 4.79 Å². The van der Waals surface area contributed by atoms with Gasteiger partial charge in [0, 0.05) is 12.6 Å². The summed E-state index contributed by atoms with van der Waals surface area (Å²) in [5.74, 6) is 0.362. The molecule has 1 atom stereocenters. The molecular formula is C18H26N2O2S. The van der Waals surface area contributed by atoms with Gasteiger partial charge < -0.3 is 10.2 Å². The van der Waals surface area contributed by atoms with Crippen molar-refractivity contribution in [3.05, 3.63) is 29.8 Å². The second kappa shape index (κ2) is 8.39. The summed E-state index contributed by atoms with van der Waals surface area (Å²) in [5, 5.41) is 3.30. The molecule has 1 aromatic carbocycles. The SMILES string of the molecule is CC(C)SCC(=O)Nc1ccccc1C(=O)N1CCCCC1C. The van der Waals surface area contributed by atoms with Crippen molar-refractivity contribution in [3.8, 4) is 0 Å². The third-order valence-electron chi connectivity index (χ3n) is 4.04. The summed E-state index contributed by atoms with van der Waals surface area (Å²) in [5.41, 5.74) is 1.20. The van der Waals surface area contributed by atoms with E-state index in [0.29, 0.717) is 22.3 Å². The standard InChI is InChI=1S/C18H26N2O2S/c1-13(2)23-12-17(21)19-16-10-5-4-9-15(16)18(22)20-11-7-6-8-14(20)3/h4-5,9-10,13-14H,6-8,11-12H2,1-3H3,(H,19,21). The van der Waals surface area contributed by atoms with E-state index in [0.717, 1.165) is 19.4 Å². The predicted octanol–water partition coefficient (Wildman–Crippen LogP) is 3.78. The number of para-hydroxylation sites is 1. The van der Waals surface area contributed by atoms with Gasteiger partial charge in [0.25, 0.3) is 5.91 Å². The first-order valence-corrected chi connectivity index (χ1v) is 9.35. The lowest BCUT2D eigenvalue weighted by molar-refractivity contribution is -0.113. The Labute approximate surface area is 143 Å². The number of piperidine rings is 1. The number of nitrogens with zero attached hydrogens (tertiary/aromatic N) is 1. The van der Waals surface area contributed by atoms with E-state index < -0.39 is 0 Å². The van der Waals surface area contributed by atoms with Gasteiger partial charge in [-0.25, -0.2) is 0 Å². The first kappa shape index (κ1) is 17.9. The van der Waals surface area contributed by atoms with E-state index in [-0.39, 0.29) is 17.9 Å². The Bertz CT molecular complexity index is 560. The zero-order valence-corrected chi connectivity index (χ0v) is 15.0. The van der Waals surface area contributed by atoms with E-state index >= 15 is 0 Å². The number of benzene rings is 1. The largest absolute Gasteiger partial charge is 0.336 e. The summed E-state index contributed by atoms with van der Waals surface area (Å²) in [6.45, 7) is 7.02. The van der Waals surface area contributed by atoms with Crippen LogP contribution >= 0.6 is 11.8 Å². The number of nitrogens with one attached hydrogen (secondary N) is 1. The summed E-state index contributed by atoms with van der Waals surface area (Å²) >= 11 is 1.59. The molecule has 0 aromatic heterocycles. The van der Waals surface area contributed by atoms with Gasteiger partial charge in [-0.1, -0.05) is 26.0 Å². The van der Waals surface area contributed by atoms with Crippen molar-refractivity contribution in [1.82, 2.24) is 4.90 Å². The maximum absolute atomic E-state index is 12.8. The van der Waals surface area contributed by atoms with Crippen molar-refractivity contribution in [3.63, 3.8) is 0 Å². The lowest BCUT2D eigenvalue weighted by Gasteiger charge is -2.33. The Balaban J connectivity index is 2.10. The minimum atomic E-state index is -0.0596. The van der Waals surface area contributed by atoms with E-state index in [2.05, 4.69) is 26.1 Å². The van der Waals surface area contributed by atoms with Crippen molar-refractivity contribution >= 4 is 29.3 Å². The number of rotatable bonds is 5. The Kier molecular flexibility index (Phi) is 6.51. The second-order valence-electron chi connectivity index (χ2n) is 6.30. The molecule has 0 bridgehead atoms. The molecular weight excluding hydrogens is 308 g/mol. The van der Waals surface area contributed by atoms with Crippen molar-refractivity contribution < 1.29 is 9.59 Å². The topological polar surface area (TPSA) is 49.4 Å². The average Bonchev–Trinajstić information content (AvgIpc) is 2.53. The smallest absolute Gasteiger partial charge is 0.256 e. The van der Waals surface area contributed by atoms with Crippen LogP contribution in [0.15, 0.2) is 24.3 Å². The van der Waals surface area contributed by atoms with Gasteiger partial charge in [0.15, 0.2) is 0 Å². The van der Waals surface area contributed by atoms with Crippen LogP contribution < -0.4 is 5.32 Å². The third-order valence-corrected chi connectivity index (χ3v) is 5.14. The fourth-order valence-corrected chi connectivity index (χ4v) is 3.32. The van der Waals surface area contributed by atoms with Crippen LogP contribution in [0.1, 0.15) is 50.4 Å². The Hall–Kier alpha value is -1.49. The van der Waals surface area contributed by atoms with Gasteiger partial charge in [-0.3, -0.25) is 9.59 Å². The number of anilines is 1. The van der Waals surface area contributed by atoms with Gasteiger partial charge in [0.05, 0.1) is 17.0 Å². The molecule has 2 amide bonds. The van der Waals surface area contributed by atoms with Gasteiger partial charge in [0.2, 0.25) is 5.91 Å². The maximum Gasteiger partial charge on any atom is 0.256 e. The van der Waals surface area contributed by atoms with Crippen molar-refractivity contribution in [2.24, 2.45) is 0 Å². The summed E-state index contributed by atoms with van der Waals surface area (Å²) in [7, 11) is 0. The molecule has 0 saturated carbocycles. The lowest BCUT2D eigenvalue weighted by Crippen LogP contribution is -2.42. The zero-order chi connectivity index (χ0) is 16.8. The van der Waals surface area contributed by atoms with E-state index in [1.165, 1.54) is 6.42 Å². The van der Waals surface area contributed by atoms with Crippen LogP contribution in [0.25, 0.3) is 0 Å². The van der Waals surface area contributed by atoms with Crippen LogP contribution in [0.4, 0.5) is 5.69 Å². The van der Waals surface area contributed by atoms with E-state index in [9.17, 15) is 9.59 Å². The summed E-state index contributed by atoms with van der Waals surface area (Å²) in [6.07, 6.45) is 3.27. The Morgan fingerprint density at radius 3 is 2.74 bits per heavy atom. The van der Waals surface area contributed by atoms with Gasteiger partial charge in [0.1, 0.15) is 0 Å². The molecule has 126 valence electrons. The monoisotopic (exact) mass is 334 g/mol. The van der Waals surface area contributed by atoms with E-state index in [1.807, 2.05) is 17.0 Å². The second-order valence-corrected chi connectivity index (χ2v) is 7.86. The van der Waals surface area contributed by atoms with E-state index in [1.54, 1.807) is 23.9 Å². The fourth-order valence-electron chi connectivity index (χ4n) is 2.76. The molecule has 1 aromatic rings. The molecule has 1 aliphatic heterocycles. The molecule has 5 heteroatoms. The molecule has 4 nitrogen and oxygen atoms in total. The normalized spacial score (nSPS) is 18.1. The molecule has 2 rings (SSSR count). The lowest BCUT2D eigenvalue weighted by atomic mass is 10.0. The minimum absolute atomic E-state index is 0.0182. The molecule has 1 fully saturated rings. The number of carbonyl (C=O) groups excluding carboxylic acids is 2. The Morgan fingerprint density at radius 1 is 1.30 bits per heavy atom. The fraction of sp³-hybridized carbons (Fsp3) is 0.556. The molecule has 1 saturated heterocycles. The first-order chi connectivity index (χ1) is 11.0. The molecule has 1 heterocycles. The van der Waals surface area contributed by atoms with Crippen LogP contribution in [-0.4, -0.2) is 40.3 Å². The average molecular weight is 334 g/mol. The molecule has 0 spiro atoms.